The van der Waals surface area contributed by atoms with Gasteiger partial charge in [0.25, 0.3) is 5.95 Å². The summed E-state index contributed by atoms with van der Waals surface area (Å²) in [6, 6.07) is 0. The lowest BCUT2D eigenvalue weighted by Gasteiger charge is -1.98. The van der Waals surface area contributed by atoms with Crippen molar-refractivity contribution in [1.82, 2.24) is 14.9 Å². The SMILES string of the molecule is CCc1nnc(NN)n1N. The normalized spacial score (nSPS) is 9.80. The molecular formula is C4H10N6. The van der Waals surface area contributed by atoms with Gasteiger partial charge in [-0.25, -0.2) is 10.5 Å². The van der Waals surface area contributed by atoms with Crippen LogP contribution in [0.15, 0.2) is 0 Å². The summed E-state index contributed by atoms with van der Waals surface area (Å²) >= 11 is 0. The standard InChI is InChI=1S/C4H10N6/c1-2-3-8-9-4(7-5)10(3)6/h2,5-6H2,1H3,(H,7,9). The molecule has 0 saturated heterocycles. The molecule has 0 saturated carbocycles. The summed E-state index contributed by atoms with van der Waals surface area (Å²) in [4.78, 5) is 0. The molecule has 0 spiro atoms. The van der Waals surface area contributed by atoms with Gasteiger partial charge in [-0.3, -0.25) is 5.43 Å². The fourth-order valence-corrected chi connectivity index (χ4v) is 0.663. The predicted molar refractivity (Wildman–Crippen MR) is 37.4 cm³/mol. The number of anilines is 1. The predicted octanol–water partition coefficient (Wildman–Crippen LogP) is -1.16. The molecule has 6 nitrogen and oxygen atoms in total. The van der Waals surface area contributed by atoms with Crippen molar-refractivity contribution >= 4 is 5.95 Å². The summed E-state index contributed by atoms with van der Waals surface area (Å²) in [6.45, 7) is 1.94. The Bertz CT molecular complexity index is 194. The topological polar surface area (TPSA) is 94.8 Å². The van der Waals surface area contributed by atoms with Crippen LogP contribution in [0.2, 0.25) is 0 Å². The number of nitrogen functional groups attached to an aromatic ring is 2. The molecule has 56 valence electrons. The van der Waals surface area contributed by atoms with Gasteiger partial charge in [0, 0.05) is 6.42 Å². The van der Waals surface area contributed by atoms with Crippen molar-refractivity contribution in [3.8, 4) is 0 Å². The third-order valence-electron chi connectivity index (χ3n) is 1.21. The first-order chi connectivity index (χ1) is 4.79. The molecule has 0 radical (unpaired) electrons. The Kier molecular flexibility index (Phi) is 1.72. The maximum Gasteiger partial charge on any atom is 0.257 e. The molecule has 5 N–H and O–H groups in total. The summed E-state index contributed by atoms with van der Waals surface area (Å²) in [7, 11) is 0. The van der Waals surface area contributed by atoms with Gasteiger partial charge in [0.15, 0.2) is 5.82 Å². The molecule has 0 aliphatic heterocycles. The third kappa shape index (κ3) is 0.883. The summed E-state index contributed by atoms with van der Waals surface area (Å²) in [5.74, 6) is 11.6. The Hall–Kier alpha value is -1.30. The molecule has 0 fully saturated rings. The largest absolute Gasteiger partial charge is 0.335 e. The number of hydrazine groups is 1. The van der Waals surface area contributed by atoms with Gasteiger partial charge in [0.2, 0.25) is 0 Å². The summed E-state index contributed by atoms with van der Waals surface area (Å²) in [5, 5.41) is 7.41. The van der Waals surface area contributed by atoms with Crippen LogP contribution in [0.25, 0.3) is 0 Å². The van der Waals surface area contributed by atoms with Crippen LogP contribution < -0.4 is 17.1 Å². The second-order valence-corrected chi connectivity index (χ2v) is 1.81. The highest BCUT2D eigenvalue weighted by Crippen LogP contribution is 1.99. The number of rotatable bonds is 2. The average molecular weight is 142 g/mol. The minimum atomic E-state index is 0.372. The lowest BCUT2D eigenvalue weighted by Crippen LogP contribution is -2.19. The monoisotopic (exact) mass is 142 g/mol. The fraction of sp³-hybridized carbons (Fsp3) is 0.500. The molecule has 0 bridgehead atoms. The van der Waals surface area contributed by atoms with E-state index in [-0.39, 0.29) is 0 Å². The first-order valence-corrected chi connectivity index (χ1v) is 2.95. The maximum atomic E-state index is 5.47. The van der Waals surface area contributed by atoms with E-state index in [1.165, 1.54) is 4.68 Å². The lowest BCUT2D eigenvalue weighted by molar-refractivity contribution is 0.855. The van der Waals surface area contributed by atoms with E-state index in [0.717, 1.165) is 6.42 Å². The second kappa shape index (κ2) is 2.53. The van der Waals surface area contributed by atoms with Gasteiger partial charge in [-0.1, -0.05) is 6.92 Å². The van der Waals surface area contributed by atoms with E-state index in [4.69, 9.17) is 11.7 Å². The van der Waals surface area contributed by atoms with Crippen molar-refractivity contribution in [1.29, 1.82) is 0 Å². The van der Waals surface area contributed by atoms with Crippen LogP contribution in [-0.2, 0) is 6.42 Å². The number of aromatic nitrogens is 3. The summed E-state index contributed by atoms with van der Waals surface area (Å²) in [5.41, 5.74) is 2.31. The Balaban J connectivity index is 2.97. The average Bonchev–Trinajstić information content (AvgIpc) is 2.30. The molecule has 0 aliphatic carbocycles. The number of hydrogen-bond acceptors (Lipinski definition) is 5. The van der Waals surface area contributed by atoms with E-state index in [1.807, 2.05) is 6.92 Å². The van der Waals surface area contributed by atoms with Gasteiger partial charge in [0.05, 0.1) is 0 Å². The van der Waals surface area contributed by atoms with Crippen molar-refractivity contribution in [3.63, 3.8) is 0 Å². The molecule has 1 rings (SSSR count). The molecule has 1 heterocycles. The highest BCUT2D eigenvalue weighted by atomic mass is 15.5. The van der Waals surface area contributed by atoms with E-state index >= 15 is 0 Å². The lowest BCUT2D eigenvalue weighted by atomic mass is 10.5. The van der Waals surface area contributed by atoms with Gasteiger partial charge >= 0.3 is 0 Å². The van der Waals surface area contributed by atoms with E-state index in [1.54, 1.807) is 0 Å². The zero-order chi connectivity index (χ0) is 7.56. The first-order valence-electron chi connectivity index (χ1n) is 2.95. The number of nitrogens with two attached hydrogens (primary N) is 2. The Morgan fingerprint density at radius 3 is 2.60 bits per heavy atom. The Labute approximate surface area is 58.2 Å². The van der Waals surface area contributed by atoms with Crippen molar-refractivity contribution in [2.75, 3.05) is 11.3 Å². The molecule has 0 aliphatic rings. The number of nitrogens with one attached hydrogen (secondary N) is 1. The van der Waals surface area contributed by atoms with Gasteiger partial charge in [-0.2, -0.15) is 0 Å². The highest BCUT2D eigenvalue weighted by molar-refractivity contribution is 5.23. The molecule has 1 aromatic heterocycles. The minimum Gasteiger partial charge on any atom is -0.335 e. The third-order valence-corrected chi connectivity index (χ3v) is 1.21. The van der Waals surface area contributed by atoms with Crippen LogP contribution in [0.3, 0.4) is 0 Å². The summed E-state index contributed by atoms with van der Waals surface area (Å²) in [6.07, 6.45) is 0.741. The zero-order valence-corrected chi connectivity index (χ0v) is 5.70. The fourth-order valence-electron chi connectivity index (χ4n) is 0.663. The van der Waals surface area contributed by atoms with Crippen LogP contribution in [0, 0.1) is 0 Å². The van der Waals surface area contributed by atoms with Crippen LogP contribution in [0.1, 0.15) is 12.7 Å². The van der Waals surface area contributed by atoms with Crippen LogP contribution in [-0.4, -0.2) is 14.9 Å². The molecule has 0 unspecified atom stereocenters. The molecule has 0 aromatic carbocycles. The van der Waals surface area contributed by atoms with Gasteiger partial charge in [0.1, 0.15) is 0 Å². The molecule has 0 amide bonds. The molecular weight excluding hydrogens is 132 g/mol. The van der Waals surface area contributed by atoms with Crippen molar-refractivity contribution < 1.29 is 0 Å². The van der Waals surface area contributed by atoms with Gasteiger partial charge < -0.3 is 5.84 Å². The van der Waals surface area contributed by atoms with Crippen LogP contribution in [0.4, 0.5) is 5.95 Å². The van der Waals surface area contributed by atoms with Crippen molar-refractivity contribution in [2.45, 2.75) is 13.3 Å². The van der Waals surface area contributed by atoms with E-state index in [0.29, 0.717) is 11.8 Å². The van der Waals surface area contributed by atoms with Crippen molar-refractivity contribution in [3.05, 3.63) is 5.82 Å². The van der Waals surface area contributed by atoms with Crippen molar-refractivity contribution in [2.24, 2.45) is 5.84 Å². The first kappa shape index (κ1) is 6.81. The quantitative estimate of drug-likeness (QED) is 0.357. The Morgan fingerprint density at radius 2 is 2.30 bits per heavy atom. The second-order valence-electron chi connectivity index (χ2n) is 1.81. The Morgan fingerprint density at radius 1 is 1.60 bits per heavy atom. The van der Waals surface area contributed by atoms with Gasteiger partial charge in [-0.05, 0) is 0 Å². The van der Waals surface area contributed by atoms with E-state index in [2.05, 4.69) is 15.6 Å². The molecule has 10 heavy (non-hydrogen) atoms. The summed E-state index contributed by atoms with van der Waals surface area (Å²) < 4.78 is 1.32. The minimum absolute atomic E-state index is 0.372. The molecule has 1 aromatic rings. The smallest absolute Gasteiger partial charge is 0.257 e. The number of hydrogen-bond donors (Lipinski definition) is 3. The van der Waals surface area contributed by atoms with Crippen LogP contribution >= 0.6 is 0 Å². The molecule has 6 heteroatoms. The number of nitrogens with zero attached hydrogens (tertiary/aromatic N) is 3. The maximum absolute atomic E-state index is 5.47. The number of aryl methyl sites for hydroxylation is 1. The van der Waals surface area contributed by atoms with Crippen LogP contribution in [0.5, 0.6) is 0 Å². The van der Waals surface area contributed by atoms with E-state index < -0.39 is 0 Å². The highest BCUT2D eigenvalue weighted by Gasteiger charge is 2.03. The zero-order valence-electron chi connectivity index (χ0n) is 5.70. The van der Waals surface area contributed by atoms with E-state index in [9.17, 15) is 0 Å². The molecule has 0 atom stereocenters. The van der Waals surface area contributed by atoms with Gasteiger partial charge in [-0.15, -0.1) is 10.2 Å².